The Bertz CT molecular complexity index is 616. The summed E-state index contributed by atoms with van der Waals surface area (Å²) in [4.78, 5) is 22.9. The lowest BCUT2D eigenvalue weighted by Gasteiger charge is -2.13. The molecule has 4 heteroatoms. The minimum Gasteiger partial charge on any atom is -0.453 e. The Kier molecular flexibility index (Phi) is 4.35. The van der Waals surface area contributed by atoms with Crippen LogP contribution < -0.4 is 5.32 Å². The summed E-state index contributed by atoms with van der Waals surface area (Å²) in [5.74, 6) is 0.623. The van der Waals surface area contributed by atoms with Crippen LogP contribution >= 0.6 is 0 Å². The molecule has 1 amide bonds. The van der Waals surface area contributed by atoms with Crippen molar-refractivity contribution in [1.29, 1.82) is 0 Å². The van der Waals surface area contributed by atoms with Gasteiger partial charge in [0.1, 0.15) is 5.76 Å². The van der Waals surface area contributed by atoms with Gasteiger partial charge in [0.05, 0.1) is 5.56 Å². The van der Waals surface area contributed by atoms with E-state index in [0.717, 1.165) is 6.42 Å². The number of rotatable bonds is 5. The van der Waals surface area contributed by atoms with Gasteiger partial charge in [-0.2, -0.15) is 0 Å². The second-order valence-corrected chi connectivity index (χ2v) is 4.65. The average Bonchev–Trinajstić information content (AvgIpc) is 2.95. The second kappa shape index (κ2) is 6.19. The Morgan fingerprint density at radius 2 is 2.05 bits per heavy atom. The number of hydrogen-bond acceptors (Lipinski definition) is 3. The summed E-state index contributed by atoms with van der Waals surface area (Å²) in [5, 5.41) is 2.93. The average molecular weight is 271 g/mol. The van der Waals surface area contributed by atoms with Crippen LogP contribution in [0.25, 0.3) is 11.3 Å². The van der Waals surface area contributed by atoms with Gasteiger partial charge >= 0.3 is 0 Å². The van der Waals surface area contributed by atoms with E-state index in [2.05, 4.69) is 5.32 Å². The fourth-order valence-corrected chi connectivity index (χ4v) is 1.86. The largest absolute Gasteiger partial charge is 0.453 e. The van der Waals surface area contributed by atoms with Crippen molar-refractivity contribution in [2.24, 2.45) is 0 Å². The van der Waals surface area contributed by atoms with Crippen molar-refractivity contribution < 1.29 is 14.0 Å². The maximum atomic E-state index is 12.3. The maximum absolute atomic E-state index is 12.3. The highest BCUT2D eigenvalue weighted by atomic mass is 16.3. The molecule has 0 saturated heterocycles. The summed E-state index contributed by atoms with van der Waals surface area (Å²) in [6, 6.07) is 10.6. The summed E-state index contributed by atoms with van der Waals surface area (Å²) in [5.41, 5.74) is 1.22. The highest BCUT2D eigenvalue weighted by molar-refractivity contribution is 6.00. The first-order valence-electron chi connectivity index (χ1n) is 6.61. The van der Waals surface area contributed by atoms with Crippen molar-refractivity contribution >= 4 is 12.2 Å². The van der Waals surface area contributed by atoms with E-state index < -0.39 is 0 Å². The van der Waals surface area contributed by atoms with Crippen LogP contribution in [0.5, 0.6) is 0 Å². The fraction of sp³-hybridized carbons (Fsp3) is 0.250. The second-order valence-electron chi connectivity index (χ2n) is 4.65. The van der Waals surface area contributed by atoms with E-state index in [-0.39, 0.29) is 17.7 Å². The minimum atomic E-state index is -0.140. The van der Waals surface area contributed by atoms with Crippen LogP contribution in [-0.4, -0.2) is 18.2 Å². The first-order chi connectivity index (χ1) is 9.65. The highest BCUT2D eigenvalue weighted by Crippen LogP contribution is 2.25. The molecule has 20 heavy (non-hydrogen) atoms. The van der Waals surface area contributed by atoms with E-state index >= 15 is 0 Å². The van der Waals surface area contributed by atoms with Crippen molar-refractivity contribution in [2.75, 3.05) is 0 Å². The zero-order valence-electron chi connectivity index (χ0n) is 11.6. The van der Waals surface area contributed by atoms with E-state index in [1.54, 1.807) is 30.3 Å². The Labute approximate surface area is 117 Å². The molecule has 4 nitrogen and oxygen atoms in total. The zero-order chi connectivity index (χ0) is 14.5. The maximum Gasteiger partial charge on any atom is 0.252 e. The summed E-state index contributed by atoms with van der Waals surface area (Å²) < 4.78 is 5.39. The smallest absolute Gasteiger partial charge is 0.252 e. The Morgan fingerprint density at radius 1 is 1.30 bits per heavy atom. The van der Waals surface area contributed by atoms with Crippen LogP contribution in [-0.2, 0) is 0 Å². The first-order valence-corrected chi connectivity index (χ1v) is 6.61. The van der Waals surface area contributed by atoms with Gasteiger partial charge in [0.25, 0.3) is 5.91 Å². The summed E-state index contributed by atoms with van der Waals surface area (Å²) in [6.07, 6.45) is 1.51. The van der Waals surface area contributed by atoms with Crippen LogP contribution in [0, 0.1) is 0 Å². The molecule has 2 aromatic rings. The fourth-order valence-electron chi connectivity index (χ4n) is 1.86. The van der Waals surface area contributed by atoms with Crippen molar-refractivity contribution in [3.63, 3.8) is 0 Å². The molecule has 0 bridgehead atoms. The Hall–Kier alpha value is -2.36. The lowest BCUT2D eigenvalue weighted by molar-refractivity contribution is 0.0939. The number of aldehydes is 1. The summed E-state index contributed by atoms with van der Waals surface area (Å²) >= 11 is 0. The predicted molar refractivity (Wildman–Crippen MR) is 76.8 cm³/mol. The molecule has 2 rings (SSSR count). The molecule has 1 N–H and O–H groups in total. The molecule has 0 aliphatic carbocycles. The quantitative estimate of drug-likeness (QED) is 0.849. The lowest BCUT2D eigenvalue weighted by atomic mass is 10.0. The van der Waals surface area contributed by atoms with Crippen LogP contribution in [0.2, 0.25) is 0 Å². The molecule has 0 saturated carbocycles. The molecule has 1 atom stereocenters. The van der Waals surface area contributed by atoms with Gasteiger partial charge in [-0.25, -0.2) is 0 Å². The SMILES string of the molecule is CCC(C)NC(=O)c1ccccc1-c1ccc(C=O)o1. The Balaban J connectivity index is 2.35. The molecular formula is C16H17NO3. The number of amides is 1. The van der Waals surface area contributed by atoms with Crippen molar-refractivity contribution in [3.8, 4) is 11.3 Å². The third kappa shape index (κ3) is 2.96. The predicted octanol–water partition coefficient (Wildman–Crippen LogP) is 3.29. The standard InChI is InChI=1S/C16H17NO3/c1-3-11(2)17-16(19)14-7-5-4-6-13(14)15-9-8-12(10-18)20-15/h4-11H,3H2,1-2H3,(H,17,19). The van der Waals surface area contributed by atoms with Crippen LogP contribution in [0.15, 0.2) is 40.8 Å². The highest BCUT2D eigenvalue weighted by Gasteiger charge is 2.16. The first kappa shape index (κ1) is 14.1. The molecule has 0 aliphatic heterocycles. The lowest BCUT2D eigenvalue weighted by Crippen LogP contribution is -2.32. The number of carbonyl (C=O) groups is 2. The molecule has 0 radical (unpaired) electrons. The van der Waals surface area contributed by atoms with Gasteiger partial charge in [0.2, 0.25) is 0 Å². The number of furan rings is 1. The van der Waals surface area contributed by atoms with E-state index in [1.807, 2.05) is 19.9 Å². The number of benzene rings is 1. The molecule has 104 valence electrons. The molecule has 1 aromatic heterocycles. The van der Waals surface area contributed by atoms with Crippen LogP contribution in [0.1, 0.15) is 41.2 Å². The molecule has 1 heterocycles. The van der Waals surface area contributed by atoms with E-state index in [0.29, 0.717) is 23.2 Å². The van der Waals surface area contributed by atoms with Crippen molar-refractivity contribution in [1.82, 2.24) is 5.32 Å². The van der Waals surface area contributed by atoms with Crippen molar-refractivity contribution in [2.45, 2.75) is 26.3 Å². The van der Waals surface area contributed by atoms with E-state index in [9.17, 15) is 9.59 Å². The number of nitrogens with one attached hydrogen (secondary N) is 1. The topological polar surface area (TPSA) is 59.3 Å². The van der Waals surface area contributed by atoms with Gasteiger partial charge < -0.3 is 9.73 Å². The molecule has 0 spiro atoms. The monoisotopic (exact) mass is 271 g/mol. The van der Waals surface area contributed by atoms with Gasteiger partial charge in [0, 0.05) is 11.6 Å². The third-order valence-corrected chi connectivity index (χ3v) is 3.17. The van der Waals surface area contributed by atoms with Gasteiger partial charge in [-0.05, 0) is 31.5 Å². The van der Waals surface area contributed by atoms with Gasteiger partial charge in [-0.15, -0.1) is 0 Å². The van der Waals surface area contributed by atoms with E-state index in [1.165, 1.54) is 0 Å². The summed E-state index contributed by atoms with van der Waals surface area (Å²) in [7, 11) is 0. The number of hydrogen-bond donors (Lipinski definition) is 1. The van der Waals surface area contributed by atoms with Crippen molar-refractivity contribution in [3.05, 3.63) is 47.7 Å². The zero-order valence-corrected chi connectivity index (χ0v) is 11.6. The molecular weight excluding hydrogens is 254 g/mol. The van der Waals surface area contributed by atoms with Crippen LogP contribution in [0.4, 0.5) is 0 Å². The molecule has 1 aromatic carbocycles. The molecule has 0 fully saturated rings. The number of carbonyl (C=O) groups excluding carboxylic acids is 2. The third-order valence-electron chi connectivity index (χ3n) is 3.17. The van der Waals surface area contributed by atoms with Crippen LogP contribution in [0.3, 0.4) is 0 Å². The van der Waals surface area contributed by atoms with Gasteiger partial charge in [0.15, 0.2) is 12.0 Å². The molecule has 1 unspecified atom stereocenters. The Morgan fingerprint density at radius 3 is 2.70 bits per heavy atom. The molecule has 0 aliphatic rings. The summed E-state index contributed by atoms with van der Waals surface area (Å²) in [6.45, 7) is 3.97. The van der Waals surface area contributed by atoms with E-state index in [4.69, 9.17) is 4.42 Å². The van der Waals surface area contributed by atoms with Gasteiger partial charge in [-0.3, -0.25) is 9.59 Å². The van der Waals surface area contributed by atoms with Gasteiger partial charge in [-0.1, -0.05) is 25.1 Å². The normalized spacial score (nSPS) is 11.9. The minimum absolute atomic E-state index is 0.109.